The maximum Gasteiger partial charge on any atom is 0.156 e. The maximum absolute atomic E-state index is 9.78. The van der Waals surface area contributed by atoms with Crippen molar-refractivity contribution in [1.82, 2.24) is 0 Å². The minimum absolute atomic E-state index is 0.634. The lowest BCUT2D eigenvalue weighted by Crippen LogP contribution is -1.67. The molecule has 0 atom stereocenters. The van der Waals surface area contributed by atoms with Crippen molar-refractivity contribution in [2.75, 3.05) is 0 Å². The molecule has 0 unspecified atom stereocenters. The second-order valence-electron chi connectivity index (χ2n) is 1.12. The van der Waals surface area contributed by atoms with Crippen LogP contribution in [0.5, 0.6) is 0 Å². The molecule has 0 aliphatic carbocycles. The molecule has 0 radical (unpaired) electrons. The summed E-state index contributed by atoms with van der Waals surface area (Å²) in [6.07, 6.45) is 3.50. The fraction of sp³-hybridized carbons (Fsp3) is 0.400. The monoisotopic (exact) mass is 162 g/mol. The predicted octanol–water partition coefficient (Wildman–Crippen LogP) is 1.87. The van der Waals surface area contributed by atoms with Crippen molar-refractivity contribution in [2.24, 2.45) is 0 Å². The maximum atomic E-state index is 9.78. The first-order valence-electron chi connectivity index (χ1n) is 2.12. The van der Waals surface area contributed by atoms with Crippen LogP contribution in [0.4, 0.5) is 0 Å². The average Bonchev–Trinajstić information content (AvgIpc) is 1.68. The van der Waals surface area contributed by atoms with E-state index in [1.165, 1.54) is 0 Å². The first-order valence-corrected chi connectivity index (χ1v) is 2.91. The molecule has 1 nitrogen and oxygen atoms in total. The van der Waals surface area contributed by atoms with E-state index in [1.807, 2.05) is 13.0 Å². The standard InChI is InChI=1S/C5H7BrO/c1-2-3-5(6)4-7/h3-4H,2H2,1H3. The van der Waals surface area contributed by atoms with E-state index in [9.17, 15) is 4.79 Å². The summed E-state index contributed by atoms with van der Waals surface area (Å²) in [5.74, 6) is 0. The zero-order chi connectivity index (χ0) is 5.70. The minimum Gasteiger partial charge on any atom is -0.297 e. The van der Waals surface area contributed by atoms with Crippen LogP contribution in [0.25, 0.3) is 0 Å². The molecule has 0 bridgehead atoms. The van der Waals surface area contributed by atoms with E-state index >= 15 is 0 Å². The highest BCUT2D eigenvalue weighted by Gasteiger charge is 1.79. The highest BCUT2D eigenvalue weighted by molar-refractivity contribution is 9.12. The fourth-order valence-electron chi connectivity index (χ4n) is 0.243. The molecule has 40 valence electrons. The number of hydrogen-bond acceptors (Lipinski definition) is 1. The Kier molecular flexibility index (Phi) is 4.00. The molecule has 0 heterocycles. The van der Waals surface area contributed by atoms with Crippen LogP contribution in [-0.4, -0.2) is 6.29 Å². The van der Waals surface area contributed by atoms with E-state index < -0.39 is 0 Å². The molecule has 0 amide bonds. The molecule has 0 aromatic heterocycles. The van der Waals surface area contributed by atoms with Crippen LogP contribution in [0.15, 0.2) is 10.6 Å². The van der Waals surface area contributed by atoms with E-state index in [2.05, 4.69) is 15.9 Å². The van der Waals surface area contributed by atoms with Crippen molar-refractivity contribution in [2.45, 2.75) is 13.3 Å². The number of carbonyl (C=O) groups is 1. The highest BCUT2D eigenvalue weighted by atomic mass is 79.9. The molecule has 0 aliphatic rings. The largest absolute Gasteiger partial charge is 0.297 e. The van der Waals surface area contributed by atoms with E-state index in [-0.39, 0.29) is 0 Å². The van der Waals surface area contributed by atoms with Crippen LogP contribution in [-0.2, 0) is 4.79 Å². The molecule has 0 fully saturated rings. The fourth-order valence-corrected chi connectivity index (χ4v) is 0.567. The van der Waals surface area contributed by atoms with Crippen molar-refractivity contribution in [1.29, 1.82) is 0 Å². The van der Waals surface area contributed by atoms with Crippen LogP contribution >= 0.6 is 15.9 Å². The minimum atomic E-state index is 0.634. The Morgan fingerprint density at radius 3 is 2.57 bits per heavy atom. The number of rotatable bonds is 2. The third kappa shape index (κ3) is 3.73. The summed E-state index contributed by atoms with van der Waals surface area (Å²) in [4.78, 5) is 9.78. The normalized spacial score (nSPS) is 11.4. The van der Waals surface area contributed by atoms with Gasteiger partial charge in [0.1, 0.15) is 0 Å². The quantitative estimate of drug-likeness (QED) is 0.448. The number of hydrogen-bond donors (Lipinski definition) is 0. The van der Waals surface area contributed by atoms with Crippen LogP contribution in [0.3, 0.4) is 0 Å². The van der Waals surface area contributed by atoms with Gasteiger partial charge in [0.25, 0.3) is 0 Å². The summed E-state index contributed by atoms with van der Waals surface area (Å²) >= 11 is 3.03. The molecule has 0 saturated carbocycles. The molecule has 0 aliphatic heterocycles. The van der Waals surface area contributed by atoms with Gasteiger partial charge >= 0.3 is 0 Å². The van der Waals surface area contributed by atoms with Crippen molar-refractivity contribution in [3.8, 4) is 0 Å². The second kappa shape index (κ2) is 4.06. The van der Waals surface area contributed by atoms with Crippen LogP contribution < -0.4 is 0 Å². The lowest BCUT2D eigenvalue weighted by molar-refractivity contribution is -0.104. The summed E-state index contributed by atoms with van der Waals surface area (Å²) in [5, 5.41) is 0. The molecular weight excluding hydrogens is 156 g/mol. The zero-order valence-electron chi connectivity index (χ0n) is 4.15. The second-order valence-corrected chi connectivity index (χ2v) is 2.03. The van der Waals surface area contributed by atoms with Gasteiger partial charge in [-0.15, -0.1) is 0 Å². The molecule has 0 saturated heterocycles. The van der Waals surface area contributed by atoms with Crippen molar-refractivity contribution in [3.63, 3.8) is 0 Å². The number of allylic oxidation sites excluding steroid dienone is 2. The molecule has 0 spiro atoms. The molecule has 0 N–H and O–H groups in total. The van der Waals surface area contributed by atoms with E-state index in [1.54, 1.807) is 0 Å². The van der Waals surface area contributed by atoms with Gasteiger partial charge in [0.2, 0.25) is 0 Å². The van der Waals surface area contributed by atoms with Crippen molar-refractivity contribution >= 4 is 22.2 Å². The molecule has 7 heavy (non-hydrogen) atoms. The van der Waals surface area contributed by atoms with Crippen molar-refractivity contribution < 1.29 is 4.79 Å². The first kappa shape index (κ1) is 6.89. The lowest BCUT2D eigenvalue weighted by atomic mass is 10.4. The summed E-state index contributed by atoms with van der Waals surface area (Å²) < 4.78 is 0.634. The lowest BCUT2D eigenvalue weighted by Gasteiger charge is -1.77. The topological polar surface area (TPSA) is 17.1 Å². The third-order valence-corrected chi connectivity index (χ3v) is 1.02. The first-order chi connectivity index (χ1) is 3.31. The molecule has 0 aromatic carbocycles. The van der Waals surface area contributed by atoms with E-state index in [0.717, 1.165) is 12.7 Å². The van der Waals surface area contributed by atoms with Gasteiger partial charge in [-0.25, -0.2) is 0 Å². The SMILES string of the molecule is CCC=C(Br)C=O. The van der Waals surface area contributed by atoms with Crippen LogP contribution in [0, 0.1) is 0 Å². The summed E-state index contributed by atoms with van der Waals surface area (Å²) in [5.41, 5.74) is 0. The van der Waals surface area contributed by atoms with Gasteiger partial charge in [-0.1, -0.05) is 13.0 Å². The van der Waals surface area contributed by atoms with Gasteiger partial charge in [0, 0.05) is 0 Å². The average molecular weight is 163 g/mol. The van der Waals surface area contributed by atoms with Gasteiger partial charge in [-0.2, -0.15) is 0 Å². The van der Waals surface area contributed by atoms with Gasteiger partial charge in [0.05, 0.1) is 4.48 Å². The van der Waals surface area contributed by atoms with E-state index in [0.29, 0.717) is 4.48 Å². The molecule has 0 aromatic rings. The van der Waals surface area contributed by atoms with Crippen LogP contribution in [0.2, 0.25) is 0 Å². The Bertz CT molecular complexity index is 86.1. The van der Waals surface area contributed by atoms with Gasteiger partial charge in [0.15, 0.2) is 6.29 Å². The van der Waals surface area contributed by atoms with Gasteiger partial charge in [-0.3, -0.25) is 4.79 Å². The number of carbonyl (C=O) groups excluding carboxylic acids is 1. The number of aldehydes is 1. The summed E-state index contributed by atoms with van der Waals surface area (Å²) in [6, 6.07) is 0. The Morgan fingerprint density at radius 1 is 1.86 bits per heavy atom. The predicted molar refractivity (Wildman–Crippen MR) is 33.4 cm³/mol. The Labute approximate surface area is 51.5 Å². The summed E-state index contributed by atoms with van der Waals surface area (Å²) in [7, 11) is 0. The van der Waals surface area contributed by atoms with E-state index in [4.69, 9.17) is 0 Å². The molecule has 0 rings (SSSR count). The van der Waals surface area contributed by atoms with Crippen LogP contribution in [0.1, 0.15) is 13.3 Å². The smallest absolute Gasteiger partial charge is 0.156 e. The molecule has 2 heteroatoms. The highest BCUT2D eigenvalue weighted by Crippen LogP contribution is 1.99. The third-order valence-electron chi connectivity index (χ3n) is 0.512. The van der Waals surface area contributed by atoms with Gasteiger partial charge < -0.3 is 0 Å². The zero-order valence-corrected chi connectivity index (χ0v) is 5.73. The van der Waals surface area contributed by atoms with Gasteiger partial charge in [-0.05, 0) is 22.4 Å². The Balaban J connectivity index is 3.49. The Morgan fingerprint density at radius 2 is 2.43 bits per heavy atom. The van der Waals surface area contributed by atoms with Crippen molar-refractivity contribution in [3.05, 3.63) is 10.6 Å². The molecular formula is C5H7BrO. The Hall–Kier alpha value is -0.110. The summed E-state index contributed by atoms with van der Waals surface area (Å²) in [6.45, 7) is 1.98. The number of halogens is 1.